The van der Waals surface area contributed by atoms with Crippen LogP contribution in [0.1, 0.15) is 5.56 Å². The molecule has 0 aliphatic rings. The lowest BCUT2D eigenvalue weighted by molar-refractivity contribution is 0.484. The van der Waals surface area contributed by atoms with Crippen molar-refractivity contribution in [2.24, 2.45) is 0 Å². The molecule has 0 amide bonds. The first-order chi connectivity index (χ1) is 4.74. The van der Waals surface area contributed by atoms with Gasteiger partial charge in [0, 0.05) is 8.95 Å². The van der Waals surface area contributed by atoms with Crippen LogP contribution in [0.5, 0.6) is 0 Å². The Balaban J connectivity index is 3.07. The Bertz CT molecular complexity index is 235. The van der Waals surface area contributed by atoms with Crippen LogP contribution in [0, 0.1) is 0 Å². The van der Waals surface area contributed by atoms with Crippen LogP contribution in [0.3, 0.4) is 0 Å². The zero-order valence-electron chi connectivity index (χ0n) is 5.07. The van der Waals surface area contributed by atoms with Gasteiger partial charge < -0.3 is 0 Å². The molecule has 1 rings (SSSR count). The maximum atomic E-state index is 12.1. The van der Waals surface area contributed by atoms with Crippen molar-refractivity contribution in [2.75, 3.05) is 0 Å². The standard InChI is InChI=1S/C7H5Br2F/c8-6-2-1-5(4-10)7(9)3-6/h1-3H,4H2. The van der Waals surface area contributed by atoms with Crippen molar-refractivity contribution in [3.63, 3.8) is 0 Å². The second kappa shape index (κ2) is 3.49. The predicted octanol–water partition coefficient (Wildman–Crippen LogP) is 3.68. The lowest BCUT2D eigenvalue weighted by Gasteiger charge is -1.97. The molecule has 3 heteroatoms. The van der Waals surface area contributed by atoms with E-state index in [1.807, 2.05) is 12.1 Å². The molecule has 0 unspecified atom stereocenters. The molecule has 10 heavy (non-hydrogen) atoms. The van der Waals surface area contributed by atoms with E-state index in [-0.39, 0.29) is 0 Å². The minimum atomic E-state index is -0.423. The Labute approximate surface area is 75.7 Å². The van der Waals surface area contributed by atoms with Crippen LogP contribution in [0.2, 0.25) is 0 Å². The number of rotatable bonds is 1. The SMILES string of the molecule is FCc1ccc(Br)cc1Br. The van der Waals surface area contributed by atoms with Gasteiger partial charge in [-0.3, -0.25) is 0 Å². The minimum Gasteiger partial charge on any atom is -0.246 e. The molecule has 0 aliphatic heterocycles. The van der Waals surface area contributed by atoms with Gasteiger partial charge in [-0.05, 0) is 17.7 Å². The fourth-order valence-corrected chi connectivity index (χ4v) is 1.78. The largest absolute Gasteiger partial charge is 0.246 e. The Morgan fingerprint density at radius 1 is 1.30 bits per heavy atom. The molecule has 0 saturated carbocycles. The summed E-state index contributed by atoms with van der Waals surface area (Å²) in [5.74, 6) is 0. The van der Waals surface area contributed by atoms with Gasteiger partial charge in [0.1, 0.15) is 6.67 Å². The summed E-state index contributed by atoms with van der Waals surface area (Å²) in [6, 6.07) is 5.39. The Kier molecular flexibility index (Phi) is 2.86. The van der Waals surface area contributed by atoms with E-state index in [2.05, 4.69) is 31.9 Å². The van der Waals surface area contributed by atoms with E-state index in [0.29, 0.717) is 5.56 Å². The van der Waals surface area contributed by atoms with Crippen molar-refractivity contribution in [1.29, 1.82) is 0 Å². The van der Waals surface area contributed by atoms with Crippen molar-refractivity contribution >= 4 is 31.9 Å². The highest BCUT2D eigenvalue weighted by atomic mass is 79.9. The number of halogens is 3. The third kappa shape index (κ3) is 1.80. The smallest absolute Gasteiger partial charge is 0.116 e. The molecule has 0 aliphatic carbocycles. The number of benzene rings is 1. The lowest BCUT2D eigenvalue weighted by atomic mass is 10.2. The Morgan fingerprint density at radius 3 is 2.50 bits per heavy atom. The van der Waals surface area contributed by atoms with Crippen LogP contribution in [-0.2, 0) is 6.67 Å². The molecule has 0 atom stereocenters. The first-order valence-corrected chi connectivity index (χ1v) is 4.32. The van der Waals surface area contributed by atoms with Crippen LogP contribution in [0.15, 0.2) is 27.1 Å². The summed E-state index contributed by atoms with van der Waals surface area (Å²) in [7, 11) is 0. The molecule has 54 valence electrons. The fraction of sp³-hybridized carbons (Fsp3) is 0.143. The summed E-state index contributed by atoms with van der Waals surface area (Å²) in [4.78, 5) is 0. The van der Waals surface area contributed by atoms with Crippen molar-refractivity contribution < 1.29 is 4.39 Å². The molecule has 0 bridgehead atoms. The van der Waals surface area contributed by atoms with E-state index in [4.69, 9.17) is 0 Å². The van der Waals surface area contributed by atoms with Crippen molar-refractivity contribution in [3.8, 4) is 0 Å². The summed E-state index contributed by atoms with van der Waals surface area (Å²) in [6.45, 7) is -0.423. The molecule has 0 nitrogen and oxygen atoms in total. The second-order valence-electron chi connectivity index (χ2n) is 1.87. The first-order valence-electron chi connectivity index (χ1n) is 2.74. The van der Waals surface area contributed by atoms with E-state index in [1.54, 1.807) is 6.07 Å². The van der Waals surface area contributed by atoms with Crippen molar-refractivity contribution in [2.45, 2.75) is 6.67 Å². The zero-order valence-corrected chi connectivity index (χ0v) is 8.25. The van der Waals surface area contributed by atoms with Crippen molar-refractivity contribution in [3.05, 3.63) is 32.7 Å². The molecular formula is C7H5Br2F. The molecule has 0 radical (unpaired) electrons. The monoisotopic (exact) mass is 266 g/mol. The summed E-state index contributed by atoms with van der Waals surface area (Å²) in [5.41, 5.74) is 0.684. The Morgan fingerprint density at radius 2 is 2.00 bits per heavy atom. The number of hydrogen-bond donors (Lipinski definition) is 0. The van der Waals surface area contributed by atoms with Crippen LogP contribution in [0.25, 0.3) is 0 Å². The number of alkyl halides is 1. The highest BCUT2D eigenvalue weighted by Gasteiger charge is 1.97. The summed E-state index contributed by atoms with van der Waals surface area (Å²) in [5, 5.41) is 0. The van der Waals surface area contributed by atoms with E-state index in [0.717, 1.165) is 8.95 Å². The molecule has 0 aromatic heterocycles. The first kappa shape index (κ1) is 8.21. The van der Waals surface area contributed by atoms with Gasteiger partial charge in [0.25, 0.3) is 0 Å². The molecule has 0 fully saturated rings. The van der Waals surface area contributed by atoms with Gasteiger partial charge in [0.2, 0.25) is 0 Å². The summed E-state index contributed by atoms with van der Waals surface area (Å²) < 4.78 is 13.8. The highest BCUT2D eigenvalue weighted by Crippen LogP contribution is 2.22. The molecule has 0 spiro atoms. The van der Waals surface area contributed by atoms with Crippen LogP contribution < -0.4 is 0 Å². The van der Waals surface area contributed by atoms with Gasteiger partial charge >= 0.3 is 0 Å². The van der Waals surface area contributed by atoms with Gasteiger partial charge in [-0.15, -0.1) is 0 Å². The normalized spacial score (nSPS) is 9.90. The molecular weight excluding hydrogens is 263 g/mol. The van der Waals surface area contributed by atoms with Crippen LogP contribution in [0.4, 0.5) is 4.39 Å². The van der Waals surface area contributed by atoms with Crippen LogP contribution >= 0.6 is 31.9 Å². The molecule has 0 heterocycles. The third-order valence-electron chi connectivity index (χ3n) is 1.16. The topological polar surface area (TPSA) is 0 Å². The maximum Gasteiger partial charge on any atom is 0.116 e. The zero-order chi connectivity index (χ0) is 7.56. The quantitative estimate of drug-likeness (QED) is 0.728. The van der Waals surface area contributed by atoms with Gasteiger partial charge in [-0.1, -0.05) is 37.9 Å². The highest BCUT2D eigenvalue weighted by molar-refractivity contribution is 9.11. The molecule has 0 saturated heterocycles. The lowest BCUT2D eigenvalue weighted by Crippen LogP contribution is -1.79. The van der Waals surface area contributed by atoms with E-state index < -0.39 is 6.67 Å². The number of hydrogen-bond acceptors (Lipinski definition) is 0. The van der Waals surface area contributed by atoms with E-state index in [1.165, 1.54) is 0 Å². The maximum absolute atomic E-state index is 12.1. The van der Waals surface area contributed by atoms with Gasteiger partial charge in [0.15, 0.2) is 0 Å². The summed E-state index contributed by atoms with van der Waals surface area (Å²) >= 11 is 6.51. The fourth-order valence-electron chi connectivity index (χ4n) is 0.630. The average Bonchev–Trinajstić information content (AvgIpc) is 1.88. The van der Waals surface area contributed by atoms with E-state index in [9.17, 15) is 4.39 Å². The third-order valence-corrected chi connectivity index (χ3v) is 2.39. The van der Waals surface area contributed by atoms with Crippen molar-refractivity contribution in [1.82, 2.24) is 0 Å². The molecule has 1 aromatic carbocycles. The molecule has 1 aromatic rings. The van der Waals surface area contributed by atoms with Crippen LogP contribution in [-0.4, -0.2) is 0 Å². The predicted molar refractivity (Wildman–Crippen MR) is 46.7 cm³/mol. The molecule has 0 N–H and O–H groups in total. The average molecular weight is 268 g/mol. The summed E-state index contributed by atoms with van der Waals surface area (Å²) in [6.07, 6.45) is 0. The van der Waals surface area contributed by atoms with Gasteiger partial charge in [-0.25, -0.2) is 4.39 Å². The minimum absolute atomic E-state index is 0.423. The van der Waals surface area contributed by atoms with E-state index >= 15 is 0 Å². The van der Waals surface area contributed by atoms with Gasteiger partial charge in [0.05, 0.1) is 0 Å². The second-order valence-corrected chi connectivity index (χ2v) is 3.64. The van der Waals surface area contributed by atoms with Gasteiger partial charge in [-0.2, -0.15) is 0 Å². The Hall–Kier alpha value is 0.110.